The zero-order valence-corrected chi connectivity index (χ0v) is 18.8. The number of amides is 2. The number of carbonyl (C=O) groups is 2. The van der Waals surface area contributed by atoms with Crippen LogP contribution in [0, 0.1) is 0 Å². The van der Waals surface area contributed by atoms with Gasteiger partial charge in [-0.3, -0.25) is 9.59 Å². The Labute approximate surface area is 199 Å². The maximum Gasteiger partial charge on any atom is 0.270 e. The minimum atomic E-state index is -0.352. The third-order valence-corrected chi connectivity index (χ3v) is 5.36. The number of benzene rings is 3. The van der Waals surface area contributed by atoms with Crippen LogP contribution in [0.25, 0.3) is 6.08 Å². The number of hydrogen-bond donors (Lipinski definition) is 1. The van der Waals surface area contributed by atoms with E-state index < -0.39 is 0 Å². The number of rotatable bonds is 9. The Balaban J connectivity index is 1.61. The topological polar surface area (TPSA) is 62.6 Å². The summed E-state index contributed by atoms with van der Waals surface area (Å²) in [5.41, 5.74) is 2.78. The largest absolute Gasteiger partial charge is 0.465 e. The lowest BCUT2D eigenvalue weighted by molar-refractivity contribution is -0.128. The number of hydrogen-bond acceptors (Lipinski definition) is 3. The second-order valence-corrected chi connectivity index (χ2v) is 7.84. The van der Waals surface area contributed by atoms with Crippen molar-refractivity contribution in [3.8, 4) is 0 Å². The molecule has 170 valence electrons. The number of nitrogens with zero attached hydrogens (tertiary/aromatic N) is 1. The van der Waals surface area contributed by atoms with Crippen LogP contribution < -0.4 is 5.32 Å². The van der Waals surface area contributed by atoms with Crippen LogP contribution in [-0.2, 0) is 17.8 Å². The lowest BCUT2D eigenvalue weighted by Crippen LogP contribution is -2.39. The van der Waals surface area contributed by atoms with Crippen LogP contribution in [0.1, 0.15) is 27.2 Å². The molecule has 0 atom stereocenters. The van der Waals surface area contributed by atoms with Crippen molar-refractivity contribution < 1.29 is 14.0 Å². The summed E-state index contributed by atoms with van der Waals surface area (Å²) < 4.78 is 5.43. The van der Waals surface area contributed by atoms with Crippen LogP contribution in [0.2, 0.25) is 0 Å². The van der Waals surface area contributed by atoms with Crippen LogP contribution in [-0.4, -0.2) is 23.3 Å². The average molecular weight is 451 g/mol. The van der Waals surface area contributed by atoms with Crippen molar-refractivity contribution in [3.05, 3.63) is 138 Å². The summed E-state index contributed by atoms with van der Waals surface area (Å²) in [6.07, 6.45) is 3.80. The number of furan rings is 1. The Morgan fingerprint density at radius 3 is 2.00 bits per heavy atom. The van der Waals surface area contributed by atoms with Crippen molar-refractivity contribution in [2.45, 2.75) is 13.0 Å². The Morgan fingerprint density at radius 1 is 0.765 bits per heavy atom. The molecule has 2 amide bonds. The van der Waals surface area contributed by atoms with E-state index in [4.69, 9.17) is 4.42 Å². The third kappa shape index (κ3) is 6.33. The summed E-state index contributed by atoms with van der Waals surface area (Å²) in [4.78, 5) is 28.4. The van der Waals surface area contributed by atoms with E-state index in [1.165, 1.54) is 6.26 Å². The number of carbonyl (C=O) groups excluding carboxylic acids is 2. The molecule has 0 aliphatic carbocycles. The van der Waals surface area contributed by atoms with E-state index in [0.29, 0.717) is 30.8 Å². The summed E-state index contributed by atoms with van der Waals surface area (Å²) in [5, 5.41) is 2.81. The molecule has 0 fully saturated rings. The van der Waals surface area contributed by atoms with Crippen LogP contribution in [0.4, 0.5) is 0 Å². The smallest absolute Gasteiger partial charge is 0.270 e. The second-order valence-electron chi connectivity index (χ2n) is 7.84. The standard InChI is InChI=1S/C29H26N2O3/c32-28(25-15-8-3-9-16-25)30-27(21-26-17-10-20-34-26)29(33)31(22-24-13-6-2-7-14-24)19-18-23-11-4-1-5-12-23/h1-17,20-21H,18-19,22H2,(H,30,32). The van der Waals surface area contributed by atoms with Gasteiger partial charge in [-0.15, -0.1) is 0 Å². The maximum atomic E-state index is 13.8. The van der Waals surface area contributed by atoms with Crippen molar-refractivity contribution in [2.24, 2.45) is 0 Å². The van der Waals surface area contributed by atoms with Gasteiger partial charge in [0.15, 0.2) is 0 Å². The molecule has 0 spiro atoms. The second kappa shape index (κ2) is 11.5. The average Bonchev–Trinajstić information content (AvgIpc) is 3.40. The zero-order valence-electron chi connectivity index (χ0n) is 18.8. The molecule has 3 aromatic carbocycles. The summed E-state index contributed by atoms with van der Waals surface area (Å²) in [5.74, 6) is -0.144. The first kappa shape index (κ1) is 22.8. The molecule has 0 aliphatic heterocycles. The van der Waals surface area contributed by atoms with Crippen molar-refractivity contribution >= 4 is 17.9 Å². The molecule has 0 bridgehead atoms. The summed E-state index contributed by atoms with van der Waals surface area (Å²) in [6.45, 7) is 0.914. The van der Waals surface area contributed by atoms with Gasteiger partial charge in [0.25, 0.3) is 11.8 Å². The van der Waals surface area contributed by atoms with Gasteiger partial charge in [-0.25, -0.2) is 0 Å². The predicted octanol–water partition coefficient (Wildman–Crippen LogP) is 5.32. The molecule has 1 aromatic heterocycles. The van der Waals surface area contributed by atoms with Gasteiger partial charge >= 0.3 is 0 Å². The summed E-state index contributed by atoms with van der Waals surface area (Å²) in [6, 6.07) is 32.2. The van der Waals surface area contributed by atoms with Gasteiger partial charge in [0.1, 0.15) is 11.5 Å². The molecule has 34 heavy (non-hydrogen) atoms. The van der Waals surface area contributed by atoms with Gasteiger partial charge < -0.3 is 14.6 Å². The Hall–Kier alpha value is -4.38. The molecule has 4 rings (SSSR count). The molecule has 5 nitrogen and oxygen atoms in total. The van der Waals surface area contributed by atoms with Gasteiger partial charge in [0, 0.05) is 24.7 Å². The highest BCUT2D eigenvalue weighted by Gasteiger charge is 2.22. The Kier molecular flexibility index (Phi) is 7.70. The summed E-state index contributed by atoms with van der Waals surface area (Å²) in [7, 11) is 0. The molecule has 0 radical (unpaired) electrons. The first-order chi connectivity index (χ1) is 16.7. The van der Waals surface area contributed by atoms with E-state index in [1.54, 1.807) is 47.4 Å². The van der Waals surface area contributed by atoms with Crippen molar-refractivity contribution in [3.63, 3.8) is 0 Å². The highest BCUT2D eigenvalue weighted by atomic mass is 16.3. The maximum absolute atomic E-state index is 13.8. The lowest BCUT2D eigenvalue weighted by Gasteiger charge is -2.24. The van der Waals surface area contributed by atoms with E-state index in [-0.39, 0.29) is 17.5 Å². The molecule has 5 heteroatoms. The highest BCUT2D eigenvalue weighted by Crippen LogP contribution is 2.14. The minimum Gasteiger partial charge on any atom is -0.465 e. The molecule has 1 heterocycles. The normalized spacial score (nSPS) is 11.1. The molecule has 0 aliphatic rings. The molecular formula is C29H26N2O3. The van der Waals surface area contributed by atoms with Gasteiger partial charge in [-0.05, 0) is 41.8 Å². The van der Waals surface area contributed by atoms with E-state index in [1.807, 2.05) is 66.7 Å². The van der Waals surface area contributed by atoms with E-state index in [2.05, 4.69) is 5.32 Å². The minimum absolute atomic E-state index is 0.160. The Morgan fingerprint density at radius 2 is 1.38 bits per heavy atom. The van der Waals surface area contributed by atoms with Crippen molar-refractivity contribution in [1.29, 1.82) is 0 Å². The van der Waals surface area contributed by atoms with Gasteiger partial charge in [-0.2, -0.15) is 0 Å². The van der Waals surface area contributed by atoms with Gasteiger partial charge in [0.05, 0.1) is 6.26 Å². The molecule has 0 saturated heterocycles. The third-order valence-electron chi connectivity index (χ3n) is 5.36. The van der Waals surface area contributed by atoms with E-state index in [0.717, 1.165) is 11.1 Å². The lowest BCUT2D eigenvalue weighted by atomic mass is 10.1. The molecule has 1 N–H and O–H groups in total. The fourth-order valence-electron chi connectivity index (χ4n) is 3.59. The first-order valence-corrected chi connectivity index (χ1v) is 11.2. The van der Waals surface area contributed by atoms with Crippen LogP contribution in [0.5, 0.6) is 0 Å². The van der Waals surface area contributed by atoms with Crippen LogP contribution in [0.3, 0.4) is 0 Å². The molecule has 0 saturated carbocycles. The fraction of sp³-hybridized carbons (Fsp3) is 0.103. The monoisotopic (exact) mass is 450 g/mol. The molecular weight excluding hydrogens is 424 g/mol. The summed E-state index contributed by atoms with van der Waals surface area (Å²) >= 11 is 0. The van der Waals surface area contributed by atoms with E-state index >= 15 is 0 Å². The quantitative estimate of drug-likeness (QED) is 0.351. The fourth-order valence-corrected chi connectivity index (χ4v) is 3.59. The highest BCUT2D eigenvalue weighted by molar-refractivity contribution is 6.05. The SMILES string of the molecule is O=C(NC(=Cc1ccco1)C(=O)N(CCc1ccccc1)Cc1ccccc1)c1ccccc1. The molecule has 4 aromatic rings. The zero-order chi connectivity index (χ0) is 23.6. The molecule has 0 unspecified atom stereocenters. The van der Waals surface area contributed by atoms with Gasteiger partial charge in [0.2, 0.25) is 0 Å². The predicted molar refractivity (Wildman–Crippen MR) is 133 cm³/mol. The van der Waals surface area contributed by atoms with Crippen LogP contribution in [0.15, 0.2) is 120 Å². The van der Waals surface area contributed by atoms with Crippen LogP contribution >= 0.6 is 0 Å². The van der Waals surface area contributed by atoms with Crippen molar-refractivity contribution in [1.82, 2.24) is 10.2 Å². The number of nitrogens with one attached hydrogen (secondary N) is 1. The first-order valence-electron chi connectivity index (χ1n) is 11.2. The van der Waals surface area contributed by atoms with E-state index in [9.17, 15) is 9.59 Å². The van der Waals surface area contributed by atoms with Gasteiger partial charge in [-0.1, -0.05) is 78.9 Å². The Bertz CT molecular complexity index is 1220. The van der Waals surface area contributed by atoms with Crippen molar-refractivity contribution in [2.75, 3.05) is 6.54 Å².